The number of allylic oxidation sites excluding steroid dienone is 1. The fourth-order valence-electron chi connectivity index (χ4n) is 13.5. The Morgan fingerprint density at radius 2 is 1.69 bits per heavy atom. The molecule has 1 aromatic carbocycles. The summed E-state index contributed by atoms with van der Waals surface area (Å²) in [4.78, 5) is 19.7. The lowest BCUT2D eigenvalue weighted by Gasteiger charge is -2.71. The van der Waals surface area contributed by atoms with E-state index in [1.54, 1.807) is 5.57 Å². The summed E-state index contributed by atoms with van der Waals surface area (Å²) in [5.74, 6) is 2.27. The minimum absolute atomic E-state index is 0.00705. The summed E-state index contributed by atoms with van der Waals surface area (Å²) in [6, 6.07) is 10.2. The van der Waals surface area contributed by atoms with Gasteiger partial charge in [-0.1, -0.05) is 97.4 Å². The minimum Gasteiger partial charge on any atom is -0.461 e. The Morgan fingerprint density at radius 3 is 2.39 bits per heavy atom. The summed E-state index contributed by atoms with van der Waals surface area (Å²) in [7, 11) is 2.23. The van der Waals surface area contributed by atoms with Gasteiger partial charge in [0.2, 0.25) is 0 Å². The molecule has 6 nitrogen and oxygen atoms in total. The summed E-state index contributed by atoms with van der Waals surface area (Å²) in [5.41, 5.74) is 2.50. The molecule has 6 aliphatic rings. The zero-order valence-electron chi connectivity index (χ0n) is 33.6. The number of carbonyl (C=O) groups excluding carboxylic acids is 1. The van der Waals surface area contributed by atoms with E-state index in [0.29, 0.717) is 36.2 Å². The van der Waals surface area contributed by atoms with Crippen molar-refractivity contribution >= 4 is 5.97 Å². The summed E-state index contributed by atoms with van der Waals surface area (Å²) in [6.45, 7) is 27.9. The number of nitrogens with zero attached hydrogens (tertiary/aromatic N) is 2. The van der Waals surface area contributed by atoms with Crippen LogP contribution in [-0.2, 0) is 25.6 Å². The number of rotatable bonds is 9. The van der Waals surface area contributed by atoms with Crippen molar-refractivity contribution in [2.45, 2.75) is 107 Å². The smallest absolute Gasteiger partial charge is 0.310 e. The molecule has 1 aromatic rings. The third-order valence-electron chi connectivity index (χ3n) is 16.9. The van der Waals surface area contributed by atoms with Crippen molar-refractivity contribution in [3.05, 3.63) is 47.5 Å². The molecule has 284 valence electrons. The molecule has 3 saturated carbocycles. The van der Waals surface area contributed by atoms with Gasteiger partial charge in [0, 0.05) is 43.6 Å². The Morgan fingerprint density at radius 1 is 0.961 bits per heavy atom. The van der Waals surface area contributed by atoms with E-state index in [4.69, 9.17) is 14.2 Å². The van der Waals surface area contributed by atoms with E-state index in [0.717, 1.165) is 83.8 Å². The van der Waals surface area contributed by atoms with Crippen LogP contribution in [0.4, 0.5) is 0 Å². The normalized spacial score (nSPS) is 43.4. The summed E-state index contributed by atoms with van der Waals surface area (Å²) >= 11 is 0. The number of hydrogen-bond acceptors (Lipinski definition) is 6. The maximum atomic E-state index is 14.7. The predicted octanol–water partition coefficient (Wildman–Crippen LogP) is 8.50. The van der Waals surface area contributed by atoms with Crippen LogP contribution in [0.5, 0.6) is 0 Å². The summed E-state index contributed by atoms with van der Waals surface area (Å²) in [5, 5.41) is 0. The topological polar surface area (TPSA) is 51.2 Å². The Bertz CT molecular complexity index is 1440. The molecule has 4 aliphatic carbocycles. The lowest BCUT2D eigenvalue weighted by molar-refractivity contribution is -0.251. The average molecular weight is 703 g/mol. The maximum Gasteiger partial charge on any atom is 0.310 e. The molecule has 6 heteroatoms. The second-order valence-electron chi connectivity index (χ2n) is 19.7. The van der Waals surface area contributed by atoms with Gasteiger partial charge >= 0.3 is 5.97 Å². The molecule has 5 fully saturated rings. The van der Waals surface area contributed by atoms with E-state index in [2.05, 4.69) is 90.4 Å². The third kappa shape index (κ3) is 6.00. The highest BCUT2D eigenvalue weighted by Crippen LogP contribution is 2.75. The monoisotopic (exact) mass is 703 g/mol. The minimum atomic E-state index is -0.192. The van der Waals surface area contributed by atoms with Gasteiger partial charge in [-0.05, 0) is 97.0 Å². The molecule has 0 spiro atoms. The van der Waals surface area contributed by atoms with Gasteiger partial charge < -0.3 is 19.1 Å². The fourth-order valence-corrected chi connectivity index (χ4v) is 13.5. The Hall–Kier alpha value is -1.73. The van der Waals surface area contributed by atoms with Crippen molar-refractivity contribution in [1.82, 2.24) is 9.80 Å². The molecule has 11 atom stereocenters. The van der Waals surface area contributed by atoms with E-state index >= 15 is 0 Å². The molecule has 2 heterocycles. The molecular weight excluding hydrogens is 633 g/mol. The van der Waals surface area contributed by atoms with Crippen LogP contribution in [0.3, 0.4) is 0 Å². The molecule has 0 unspecified atom stereocenters. The number of carbonyl (C=O) groups is 1. The molecule has 2 saturated heterocycles. The van der Waals surface area contributed by atoms with Crippen molar-refractivity contribution in [2.75, 3.05) is 59.6 Å². The SMILES string of the molecule is CC(C)[C@@H](C)[C@@]1(C)CC[C@]2(C)[C@H]3CC[C@@H]4[C@@]5(COC[C@]4(C)[C@@H](OCCN4CCN(C)CC4)[C@H](C)C5)C3=CC[C@@]2(C)[C@@H]1C(=O)OCc1ccccc1. The number of benzene rings is 1. The molecule has 0 radical (unpaired) electrons. The first-order valence-corrected chi connectivity index (χ1v) is 20.7. The van der Waals surface area contributed by atoms with Crippen LogP contribution in [0.25, 0.3) is 0 Å². The molecule has 2 aliphatic heterocycles. The second-order valence-corrected chi connectivity index (χ2v) is 19.7. The van der Waals surface area contributed by atoms with E-state index in [1.807, 2.05) is 18.2 Å². The third-order valence-corrected chi connectivity index (χ3v) is 16.9. The van der Waals surface area contributed by atoms with Crippen molar-refractivity contribution < 1.29 is 19.0 Å². The molecule has 0 N–H and O–H groups in total. The van der Waals surface area contributed by atoms with Crippen LogP contribution >= 0.6 is 0 Å². The first-order chi connectivity index (χ1) is 24.2. The van der Waals surface area contributed by atoms with Crippen LogP contribution in [0.1, 0.15) is 99.5 Å². The van der Waals surface area contributed by atoms with Gasteiger partial charge in [-0.15, -0.1) is 0 Å². The lowest BCUT2D eigenvalue weighted by Crippen LogP contribution is -2.69. The van der Waals surface area contributed by atoms with Gasteiger partial charge in [0.25, 0.3) is 0 Å². The van der Waals surface area contributed by atoms with Gasteiger partial charge in [-0.3, -0.25) is 9.69 Å². The first-order valence-electron chi connectivity index (χ1n) is 20.7. The van der Waals surface area contributed by atoms with E-state index in [9.17, 15) is 4.79 Å². The number of ether oxygens (including phenoxy) is 3. The van der Waals surface area contributed by atoms with Crippen molar-refractivity contribution in [2.24, 2.45) is 62.6 Å². The van der Waals surface area contributed by atoms with Gasteiger partial charge in [0.15, 0.2) is 0 Å². The summed E-state index contributed by atoms with van der Waals surface area (Å²) in [6.07, 6.45) is 9.62. The average Bonchev–Trinajstić information content (AvgIpc) is 3.10. The van der Waals surface area contributed by atoms with Crippen molar-refractivity contribution in [3.63, 3.8) is 0 Å². The number of hydrogen-bond donors (Lipinski definition) is 0. The molecule has 2 bridgehead atoms. The van der Waals surface area contributed by atoms with E-state index in [-0.39, 0.29) is 45.1 Å². The van der Waals surface area contributed by atoms with Crippen molar-refractivity contribution in [1.29, 1.82) is 0 Å². The van der Waals surface area contributed by atoms with Crippen LogP contribution in [0.2, 0.25) is 0 Å². The number of esters is 1. The Balaban J connectivity index is 1.18. The molecule has 7 rings (SSSR count). The fraction of sp³-hybridized carbons (Fsp3) is 0.800. The van der Waals surface area contributed by atoms with E-state index < -0.39 is 0 Å². The predicted molar refractivity (Wildman–Crippen MR) is 205 cm³/mol. The van der Waals surface area contributed by atoms with Gasteiger partial charge in [-0.25, -0.2) is 0 Å². The Labute approximate surface area is 310 Å². The lowest BCUT2D eigenvalue weighted by atomic mass is 9.34. The van der Waals surface area contributed by atoms with Gasteiger partial charge in [0.05, 0.1) is 31.8 Å². The molecule has 0 aromatic heterocycles. The largest absolute Gasteiger partial charge is 0.461 e. The van der Waals surface area contributed by atoms with Crippen LogP contribution in [-0.4, -0.2) is 81.5 Å². The zero-order chi connectivity index (χ0) is 36.4. The number of piperazine rings is 1. The van der Waals surface area contributed by atoms with Crippen LogP contribution in [0.15, 0.2) is 42.0 Å². The second kappa shape index (κ2) is 13.8. The molecule has 51 heavy (non-hydrogen) atoms. The molecule has 0 amide bonds. The zero-order valence-corrected chi connectivity index (χ0v) is 33.6. The number of likely N-dealkylation sites (N-methyl/N-ethyl adjacent to an activating group) is 1. The Kier molecular flexibility index (Phi) is 10.2. The molecular formula is C45H70N2O4. The standard InChI is InChI=1S/C45H70N2O4/c1-31(2)33(4)41(5)19-20-43(7)35-15-16-37-42(6)29-49-30-45(37,27-32(3)39(42)50-26-25-47-23-21-46(9)22-24-47)36(35)17-18-44(43,8)38(41)40(48)51-28-34-13-11-10-12-14-34/h10-14,17,31-33,35,37-39H,15-16,18-30H2,1-9H3/t32-,33-,35+,37+,38-,39+,41-,42+,43-,44+,45+/m1/s1. The quantitative estimate of drug-likeness (QED) is 0.190. The van der Waals surface area contributed by atoms with Gasteiger partial charge in [-0.2, -0.15) is 0 Å². The van der Waals surface area contributed by atoms with Crippen molar-refractivity contribution in [3.8, 4) is 0 Å². The maximum absolute atomic E-state index is 14.7. The summed E-state index contributed by atoms with van der Waals surface area (Å²) < 4.78 is 20.1. The van der Waals surface area contributed by atoms with Gasteiger partial charge in [0.1, 0.15) is 6.61 Å². The van der Waals surface area contributed by atoms with E-state index in [1.165, 1.54) is 12.8 Å². The number of fused-ring (bicyclic) bond motifs is 3. The first kappa shape index (κ1) is 37.6. The highest BCUT2D eigenvalue weighted by atomic mass is 16.5. The highest BCUT2D eigenvalue weighted by molar-refractivity contribution is 5.75. The van der Waals surface area contributed by atoms with Crippen LogP contribution < -0.4 is 0 Å². The van der Waals surface area contributed by atoms with Crippen LogP contribution in [0, 0.1) is 62.6 Å². The highest BCUT2D eigenvalue weighted by Gasteiger charge is 2.71.